The maximum atomic E-state index is 11.4. The first-order valence-electron chi connectivity index (χ1n) is 5.29. The minimum Gasteiger partial charge on any atom is -0.447 e. The Bertz CT molecular complexity index is 454. The van der Waals surface area contributed by atoms with E-state index in [2.05, 4.69) is 10.3 Å². The summed E-state index contributed by atoms with van der Waals surface area (Å²) in [5.41, 5.74) is 0.722. The zero-order valence-electron chi connectivity index (χ0n) is 9.24. The van der Waals surface area contributed by atoms with Crippen molar-refractivity contribution in [1.29, 1.82) is 0 Å². The van der Waals surface area contributed by atoms with Crippen molar-refractivity contribution < 1.29 is 9.53 Å². The summed E-state index contributed by atoms with van der Waals surface area (Å²) in [7, 11) is 0. The summed E-state index contributed by atoms with van der Waals surface area (Å²) in [6, 6.07) is 9.19. The molecule has 5 nitrogen and oxygen atoms in total. The molecule has 0 saturated heterocycles. The van der Waals surface area contributed by atoms with Crippen molar-refractivity contribution in [3.05, 3.63) is 49.1 Å². The van der Waals surface area contributed by atoms with Crippen molar-refractivity contribution in [3.63, 3.8) is 0 Å². The number of hydrogen-bond donors (Lipinski definition) is 1. The molecule has 0 atom stereocenters. The van der Waals surface area contributed by atoms with E-state index in [0.29, 0.717) is 13.2 Å². The first-order chi connectivity index (χ1) is 8.34. The number of imidazole rings is 1. The molecule has 1 amide bonds. The van der Waals surface area contributed by atoms with Gasteiger partial charge < -0.3 is 9.30 Å². The number of nitrogens with one attached hydrogen (secondary N) is 1. The van der Waals surface area contributed by atoms with Gasteiger partial charge >= 0.3 is 6.09 Å². The van der Waals surface area contributed by atoms with E-state index >= 15 is 0 Å². The minimum absolute atomic E-state index is 0.315. The Morgan fingerprint density at radius 1 is 1.35 bits per heavy atom. The predicted octanol–water partition coefficient (Wildman–Crippen LogP) is 2.13. The Kier molecular flexibility index (Phi) is 3.75. The quantitative estimate of drug-likeness (QED) is 0.877. The summed E-state index contributed by atoms with van der Waals surface area (Å²) in [4.78, 5) is 15.3. The fourth-order valence-corrected chi connectivity index (χ4v) is 1.34. The smallest absolute Gasteiger partial charge is 0.411 e. The summed E-state index contributed by atoms with van der Waals surface area (Å²) in [6.45, 7) is 0.914. The van der Waals surface area contributed by atoms with Crippen molar-refractivity contribution in [3.8, 4) is 0 Å². The number of carbonyl (C=O) groups is 1. The van der Waals surface area contributed by atoms with Crippen LogP contribution in [-0.2, 0) is 11.3 Å². The van der Waals surface area contributed by atoms with Crippen LogP contribution in [0.2, 0.25) is 0 Å². The molecular formula is C12H13N3O2. The van der Waals surface area contributed by atoms with E-state index < -0.39 is 6.09 Å². The van der Waals surface area contributed by atoms with E-state index in [1.807, 2.05) is 29.0 Å². The molecular weight excluding hydrogens is 218 g/mol. The molecule has 1 aromatic heterocycles. The Morgan fingerprint density at radius 3 is 2.88 bits per heavy atom. The Balaban J connectivity index is 1.71. The highest BCUT2D eigenvalue weighted by Crippen LogP contribution is 2.05. The van der Waals surface area contributed by atoms with Gasteiger partial charge in [0.25, 0.3) is 0 Å². The van der Waals surface area contributed by atoms with Crippen molar-refractivity contribution in [2.45, 2.75) is 6.54 Å². The third-order valence-corrected chi connectivity index (χ3v) is 2.16. The molecule has 88 valence electrons. The maximum Gasteiger partial charge on any atom is 0.411 e. The van der Waals surface area contributed by atoms with Crippen molar-refractivity contribution in [2.24, 2.45) is 0 Å². The lowest BCUT2D eigenvalue weighted by Crippen LogP contribution is -2.16. The number of carbonyl (C=O) groups excluding carboxylic acids is 1. The molecule has 2 rings (SSSR count). The lowest BCUT2D eigenvalue weighted by atomic mass is 10.3. The fourth-order valence-electron chi connectivity index (χ4n) is 1.34. The molecule has 5 heteroatoms. The van der Waals surface area contributed by atoms with Gasteiger partial charge in [-0.25, -0.2) is 9.78 Å². The van der Waals surface area contributed by atoms with Crippen LogP contribution in [-0.4, -0.2) is 22.3 Å². The van der Waals surface area contributed by atoms with E-state index in [1.165, 1.54) is 0 Å². The van der Waals surface area contributed by atoms with Gasteiger partial charge in [-0.3, -0.25) is 5.32 Å². The highest BCUT2D eigenvalue weighted by atomic mass is 16.5. The summed E-state index contributed by atoms with van der Waals surface area (Å²) in [5.74, 6) is 0. The second kappa shape index (κ2) is 5.69. The molecule has 0 saturated carbocycles. The van der Waals surface area contributed by atoms with Gasteiger partial charge in [0.15, 0.2) is 0 Å². The van der Waals surface area contributed by atoms with Gasteiger partial charge in [0.05, 0.1) is 12.9 Å². The van der Waals surface area contributed by atoms with E-state index in [4.69, 9.17) is 4.74 Å². The van der Waals surface area contributed by atoms with Crippen LogP contribution < -0.4 is 5.32 Å². The lowest BCUT2D eigenvalue weighted by Gasteiger charge is -2.06. The molecule has 0 aliphatic carbocycles. The number of rotatable bonds is 4. The number of anilines is 1. The Morgan fingerprint density at radius 2 is 2.18 bits per heavy atom. The van der Waals surface area contributed by atoms with Gasteiger partial charge in [-0.1, -0.05) is 18.2 Å². The third-order valence-electron chi connectivity index (χ3n) is 2.16. The van der Waals surface area contributed by atoms with Gasteiger partial charge in [0.2, 0.25) is 0 Å². The Hall–Kier alpha value is -2.30. The summed E-state index contributed by atoms with van der Waals surface area (Å²) in [5, 5.41) is 2.64. The standard InChI is InChI=1S/C12H13N3O2/c16-12(14-11-4-2-1-3-5-11)17-9-8-15-7-6-13-10-15/h1-7,10H,8-9H2,(H,14,16). The molecule has 0 spiro atoms. The summed E-state index contributed by atoms with van der Waals surface area (Å²) in [6.07, 6.45) is 4.73. The van der Waals surface area contributed by atoms with Gasteiger partial charge in [-0.05, 0) is 12.1 Å². The monoisotopic (exact) mass is 231 g/mol. The minimum atomic E-state index is -0.448. The maximum absolute atomic E-state index is 11.4. The third kappa shape index (κ3) is 3.64. The van der Waals surface area contributed by atoms with Crippen LogP contribution >= 0.6 is 0 Å². The van der Waals surface area contributed by atoms with Crippen molar-refractivity contribution >= 4 is 11.8 Å². The Labute approximate surface area is 99.0 Å². The number of amides is 1. The average molecular weight is 231 g/mol. The van der Waals surface area contributed by atoms with Crippen LogP contribution in [0.5, 0.6) is 0 Å². The van der Waals surface area contributed by atoms with Crippen LogP contribution in [0.4, 0.5) is 10.5 Å². The first-order valence-corrected chi connectivity index (χ1v) is 5.29. The summed E-state index contributed by atoms with van der Waals surface area (Å²) < 4.78 is 6.86. The van der Waals surface area contributed by atoms with Gasteiger partial charge in [-0.2, -0.15) is 0 Å². The zero-order valence-corrected chi connectivity index (χ0v) is 9.24. The number of benzene rings is 1. The molecule has 17 heavy (non-hydrogen) atoms. The highest BCUT2D eigenvalue weighted by molar-refractivity contribution is 5.84. The molecule has 1 N–H and O–H groups in total. The normalized spacial score (nSPS) is 9.88. The largest absolute Gasteiger partial charge is 0.447 e. The van der Waals surface area contributed by atoms with Crippen LogP contribution in [0.3, 0.4) is 0 Å². The van der Waals surface area contributed by atoms with Crippen LogP contribution in [0, 0.1) is 0 Å². The number of aromatic nitrogens is 2. The first kappa shape index (κ1) is 11.2. The van der Waals surface area contributed by atoms with Crippen molar-refractivity contribution in [1.82, 2.24) is 9.55 Å². The molecule has 0 aliphatic heterocycles. The van der Waals surface area contributed by atoms with Crippen LogP contribution in [0.1, 0.15) is 0 Å². The summed E-state index contributed by atoms with van der Waals surface area (Å²) >= 11 is 0. The van der Waals surface area contributed by atoms with E-state index in [-0.39, 0.29) is 0 Å². The van der Waals surface area contributed by atoms with Crippen molar-refractivity contribution in [2.75, 3.05) is 11.9 Å². The zero-order chi connectivity index (χ0) is 11.9. The predicted molar refractivity (Wildman–Crippen MR) is 63.6 cm³/mol. The number of hydrogen-bond acceptors (Lipinski definition) is 3. The SMILES string of the molecule is O=C(Nc1ccccc1)OCCn1ccnc1. The fraction of sp³-hybridized carbons (Fsp3) is 0.167. The topological polar surface area (TPSA) is 56.1 Å². The molecule has 1 heterocycles. The molecule has 0 fully saturated rings. The van der Waals surface area contributed by atoms with Crippen LogP contribution in [0.25, 0.3) is 0 Å². The van der Waals surface area contributed by atoms with Crippen LogP contribution in [0.15, 0.2) is 49.1 Å². The molecule has 0 bridgehead atoms. The van der Waals surface area contributed by atoms with E-state index in [0.717, 1.165) is 5.69 Å². The number of ether oxygens (including phenoxy) is 1. The average Bonchev–Trinajstić information content (AvgIpc) is 2.83. The second-order valence-corrected chi connectivity index (χ2v) is 3.43. The second-order valence-electron chi connectivity index (χ2n) is 3.43. The van der Waals surface area contributed by atoms with Gasteiger partial charge in [0.1, 0.15) is 6.61 Å². The number of para-hydroxylation sites is 1. The number of nitrogens with zero attached hydrogens (tertiary/aromatic N) is 2. The molecule has 0 aliphatic rings. The van der Waals surface area contributed by atoms with E-state index in [9.17, 15) is 4.79 Å². The van der Waals surface area contributed by atoms with Gasteiger partial charge in [-0.15, -0.1) is 0 Å². The molecule has 0 unspecified atom stereocenters. The lowest BCUT2D eigenvalue weighted by molar-refractivity contribution is 0.157. The highest BCUT2D eigenvalue weighted by Gasteiger charge is 2.01. The van der Waals surface area contributed by atoms with E-state index in [1.54, 1.807) is 24.7 Å². The van der Waals surface area contributed by atoms with Gasteiger partial charge in [0, 0.05) is 18.1 Å². The molecule has 2 aromatic rings. The molecule has 1 aromatic carbocycles. The molecule has 0 radical (unpaired) electrons.